The minimum Gasteiger partial charge on any atom is -0.352 e. The number of anilines is 1. The van der Waals surface area contributed by atoms with Crippen molar-refractivity contribution in [3.8, 4) is 0 Å². The van der Waals surface area contributed by atoms with Gasteiger partial charge in [0, 0.05) is 12.1 Å². The molecule has 3 amide bonds. The van der Waals surface area contributed by atoms with Crippen LogP contribution in [0.3, 0.4) is 0 Å². The fourth-order valence-electron chi connectivity index (χ4n) is 1.48. The Kier molecular flexibility index (Phi) is 6.08. The lowest BCUT2D eigenvalue weighted by Crippen LogP contribution is -2.48. The van der Waals surface area contributed by atoms with Crippen molar-refractivity contribution < 1.29 is 18.4 Å². The summed E-state index contributed by atoms with van der Waals surface area (Å²) in [4.78, 5) is 23.4. The SMILES string of the molecule is CC[C@@H](C)NC(=O)[C@@H](C)NC(=O)Nc1cc(F)ccc1F. The molecule has 0 spiro atoms. The Labute approximate surface area is 122 Å². The second-order valence-electron chi connectivity index (χ2n) is 4.76. The predicted molar refractivity (Wildman–Crippen MR) is 75.9 cm³/mol. The highest BCUT2D eigenvalue weighted by Gasteiger charge is 2.17. The van der Waals surface area contributed by atoms with E-state index in [0.717, 1.165) is 24.6 Å². The highest BCUT2D eigenvalue weighted by Crippen LogP contribution is 2.14. The van der Waals surface area contributed by atoms with Gasteiger partial charge in [0.2, 0.25) is 5.91 Å². The third kappa shape index (κ3) is 5.37. The zero-order valence-corrected chi connectivity index (χ0v) is 12.2. The summed E-state index contributed by atoms with van der Waals surface area (Å²) in [6, 6.07) is 1.12. The smallest absolute Gasteiger partial charge is 0.319 e. The Balaban J connectivity index is 2.57. The van der Waals surface area contributed by atoms with E-state index in [9.17, 15) is 18.4 Å². The van der Waals surface area contributed by atoms with Gasteiger partial charge in [-0.15, -0.1) is 0 Å². The van der Waals surface area contributed by atoms with Crippen LogP contribution in [0.2, 0.25) is 0 Å². The lowest BCUT2D eigenvalue weighted by Gasteiger charge is -2.17. The molecule has 0 bridgehead atoms. The third-order valence-electron chi connectivity index (χ3n) is 2.92. The van der Waals surface area contributed by atoms with Crippen LogP contribution in [0.1, 0.15) is 27.2 Å². The van der Waals surface area contributed by atoms with Crippen LogP contribution >= 0.6 is 0 Å². The highest BCUT2D eigenvalue weighted by molar-refractivity contribution is 5.93. The zero-order valence-electron chi connectivity index (χ0n) is 12.2. The third-order valence-corrected chi connectivity index (χ3v) is 2.92. The molecule has 0 saturated heterocycles. The van der Waals surface area contributed by atoms with Crippen LogP contribution in [0, 0.1) is 11.6 Å². The molecule has 7 heteroatoms. The maximum atomic E-state index is 13.4. The predicted octanol–water partition coefficient (Wildman–Crippen LogP) is 2.39. The van der Waals surface area contributed by atoms with Crippen molar-refractivity contribution in [1.29, 1.82) is 0 Å². The molecular weight excluding hydrogens is 280 g/mol. The van der Waals surface area contributed by atoms with Crippen molar-refractivity contribution in [3.05, 3.63) is 29.8 Å². The number of carbonyl (C=O) groups excluding carboxylic acids is 2. The number of rotatable bonds is 5. The Hall–Kier alpha value is -2.18. The molecule has 116 valence electrons. The summed E-state index contributed by atoms with van der Waals surface area (Å²) in [5.74, 6) is -1.78. The van der Waals surface area contributed by atoms with Gasteiger partial charge in [-0.1, -0.05) is 6.92 Å². The monoisotopic (exact) mass is 299 g/mol. The van der Waals surface area contributed by atoms with Gasteiger partial charge in [0.1, 0.15) is 17.7 Å². The van der Waals surface area contributed by atoms with Crippen molar-refractivity contribution in [2.75, 3.05) is 5.32 Å². The average Bonchev–Trinajstić information content (AvgIpc) is 2.42. The molecule has 0 aromatic heterocycles. The molecule has 1 rings (SSSR count). The molecule has 0 unspecified atom stereocenters. The number of hydrogen-bond donors (Lipinski definition) is 3. The Morgan fingerprint density at radius 2 is 1.86 bits per heavy atom. The Morgan fingerprint density at radius 1 is 1.19 bits per heavy atom. The quantitative estimate of drug-likeness (QED) is 0.781. The van der Waals surface area contributed by atoms with Crippen LogP contribution in [0.5, 0.6) is 0 Å². The van der Waals surface area contributed by atoms with E-state index < -0.39 is 23.7 Å². The Morgan fingerprint density at radius 3 is 2.48 bits per heavy atom. The Bertz CT molecular complexity index is 523. The minimum atomic E-state index is -0.796. The number of carbonyl (C=O) groups is 2. The first-order valence-electron chi connectivity index (χ1n) is 6.66. The maximum absolute atomic E-state index is 13.4. The molecule has 0 heterocycles. The lowest BCUT2D eigenvalue weighted by molar-refractivity contribution is -0.123. The number of nitrogens with one attached hydrogen (secondary N) is 3. The fraction of sp³-hybridized carbons (Fsp3) is 0.429. The zero-order chi connectivity index (χ0) is 16.0. The van der Waals surface area contributed by atoms with Gasteiger partial charge in [-0.05, 0) is 32.4 Å². The van der Waals surface area contributed by atoms with E-state index in [4.69, 9.17) is 0 Å². The van der Waals surface area contributed by atoms with E-state index in [-0.39, 0.29) is 17.6 Å². The lowest BCUT2D eigenvalue weighted by atomic mass is 10.2. The first-order chi connectivity index (χ1) is 9.83. The number of halogens is 2. The standard InChI is InChI=1S/C14H19F2N3O2/c1-4-8(2)17-13(20)9(3)18-14(21)19-12-7-10(15)5-6-11(12)16/h5-9H,4H2,1-3H3,(H,17,20)(H2,18,19,21)/t8-,9-/m1/s1. The second kappa shape index (κ2) is 7.56. The van der Waals surface area contributed by atoms with Crippen molar-refractivity contribution >= 4 is 17.6 Å². The summed E-state index contributed by atoms with van der Waals surface area (Å²) in [6.45, 7) is 5.26. The van der Waals surface area contributed by atoms with Crippen LogP contribution in [-0.2, 0) is 4.79 Å². The minimum absolute atomic E-state index is 0.00882. The first-order valence-corrected chi connectivity index (χ1v) is 6.66. The van der Waals surface area contributed by atoms with Gasteiger partial charge in [0.05, 0.1) is 5.69 Å². The molecule has 2 atom stereocenters. The van der Waals surface area contributed by atoms with Crippen LogP contribution < -0.4 is 16.0 Å². The number of benzene rings is 1. The topological polar surface area (TPSA) is 70.2 Å². The summed E-state index contributed by atoms with van der Waals surface area (Å²) in [5.41, 5.74) is -0.290. The van der Waals surface area contributed by atoms with Gasteiger partial charge in [0.15, 0.2) is 0 Å². The molecule has 21 heavy (non-hydrogen) atoms. The van der Waals surface area contributed by atoms with Crippen LogP contribution in [0.4, 0.5) is 19.3 Å². The maximum Gasteiger partial charge on any atom is 0.319 e. The number of hydrogen-bond acceptors (Lipinski definition) is 2. The highest BCUT2D eigenvalue weighted by atomic mass is 19.1. The van der Waals surface area contributed by atoms with E-state index in [1.54, 1.807) is 0 Å². The average molecular weight is 299 g/mol. The number of urea groups is 1. The molecule has 0 fully saturated rings. The van der Waals surface area contributed by atoms with Crippen molar-refractivity contribution in [3.63, 3.8) is 0 Å². The molecule has 5 nitrogen and oxygen atoms in total. The van der Waals surface area contributed by atoms with E-state index in [0.29, 0.717) is 0 Å². The summed E-state index contributed by atoms with van der Waals surface area (Å²) in [5, 5.41) is 7.22. The normalized spacial score (nSPS) is 13.2. The van der Waals surface area contributed by atoms with E-state index >= 15 is 0 Å². The summed E-state index contributed by atoms with van der Waals surface area (Å²) in [6.07, 6.45) is 0.763. The van der Waals surface area contributed by atoms with Gasteiger partial charge in [-0.25, -0.2) is 13.6 Å². The molecule has 3 N–H and O–H groups in total. The largest absolute Gasteiger partial charge is 0.352 e. The molecular formula is C14H19F2N3O2. The van der Waals surface area contributed by atoms with Gasteiger partial charge in [0.25, 0.3) is 0 Å². The summed E-state index contributed by atoms with van der Waals surface area (Å²) < 4.78 is 26.3. The number of amides is 3. The summed E-state index contributed by atoms with van der Waals surface area (Å²) in [7, 11) is 0. The second-order valence-corrected chi connectivity index (χ2v) is 4.76. The molecule has 0 aliphatic heterocycles. The molecule has 0 aliphatic carbocycles. The molecule has 0 radical (unpaired) electrons. The van der Waals surface area contributed by atoms with Crippen molar-refractivity contribution in [1.82, 2.24) is 10.6 Å². The van der Waals surface area contributed by atoms with E-state index in [1.807, 2.05) is 13.8 Å². The summed E-state index contributed by atoms with van der Waals surface area (Å²) >= 11 is 0. The van der Waals surface area contributed by atoms with E-state index in [1.165, 1.54) is 6.92 Å². The van der Waals surface area contributed by atoms with Gasteiger partial charge in [-0.3, -0.25) is 4.79 Å². The fourth-order valence-corrected chi connectivity index (χ4v) is 1.48. The van der Waals surface area contributed by atoms with Crippen LogP contribution in [0.15, 0.2) is 18.2 Å². The molecule has 1 aromatic carbocycles. The van der Waals surface area contributed by atoms with Crippen molar-refractivity contribution in [2.45, 2.75) is 39.3 Å². The molecule has 1 aromatic rings. The van der Waals surface area contributed by atoms with Crippen molar-refractivity contribution in [2.24, 2.45) is 0 Å². The van der Waals surface area contributed by atoms with Gasteiger partial charge in [-0.2, -0.15) is 0 Å². The first kappa shape index (κ1) is 16.9. The van der Waals surface area contributed by atoms with Crippen LogP contribution in [0.25, 0.3) is 0 Å². The van der Waals surface area contributed by atoms with Crippen LogP contribution in [-0.4, -0.2) is 24.0 Å². The molecule has 0 saturated carbocycles. The van der Waals surface area contributed by atoms with Gasteiger partial charge < -0.3 is 16.0 Å². The van der Waals surface area contributed by atoms with E-state index in [2.05, 4.69) is 16.0 Å². The van der Waals surface area contributed by atoms with Gasteiger partial charge >= 0.3 is 6.03 Å². The molecule has 0 aliphatic rings.